The maximum absolute atomic E-state index is 12.0. The van der Waals surface area contributed by atoms with Crippen molar-refractivity contribution in [1.29, 1.82) is 0 Å². The van der Waals surface area contributed by atoms with Crippen molar-refractivity contribution < 1.29 is 19.1 Å². The molecule has 0 bridgehead atoms. The van der Waals surface area contributed by atoms with E-state index in [9.17, 15) is 9.59 Å². The standard InChI is InChI=1S/C19H19Cl2NO4/c1-12(14-4-3-5-16(21)10-14)22-18(23)11-25-19(24)13(2)26-17-8-6-15(20)7-9-17/h3-10,12-13H,11H2,1-2H3,(H,22,23)/t12-,13+/m1/s1. The Labute approximate surface area is 162 Å². The van der Waals surface area contributed by atoms with Crippen molar-refractivity contribution in [1.82, 2.24) is 5.32 Å². The summed E-state index contributed by atoms with van der Waals surface area (Å²) in [5.41, 5.74) is 0.858. The van der Waals surface area contributed by atoms with E-state index < -0.39 is 24.6 Å². The lowest BCUT2D eigenvalue weighted by molar-refractivity contribution is -0.154. The molecular weight excluding hydrogens is 377 g/mol. The molecule has 0 saturated carbocycles. The molecule has 138 valence electrons. The van der Waals surface area contributed by atoms with Crippen LogP contribution in [-0.2, 0) is 14.3 Å². The van der Waals surface area contributed by atoms with E-state index in [0.717, 1.165) is 5.56 Å². The van der Waals surface area contributed by atoms with Crippen molar-refractivity contribution in [3.05, 3.63) is 64.1 Å². The molecule has 26 heavy (non-hydrogen) atoms. The Balaban J connectivity index is 1.78. The van der Waals surface area contributed by atoms with Gasteiger partial charge in [0.1, 0.15) is 5.75 Å². The van der Waals surface area contributed by atoms with E-state index in [1.54, 1.807) is 49.4 Å². The summed E-state index contributed by atoms with van der Waals surface area (Å²) in [5.74, 6) is -0.562. The predicted molar refractivity (Wildman–Crippen MR) is 101 cm³/mol. The number of benzene rings is 2. The Hall–Kier alpha value is -2.24. The van der Waals surface area contributed by atoms with Crippen LogP contribution in [0.5, 0.6) is 5.75 Å². The van der Waals surface area contributed by atoms with E-state index in [2.05, 4.69) is 5.32 Å². The third kappa shape index (κ3) is 6.24. The van der Waals surface area contributed by atoms with E-state index in [-0.39, 0.29) is 6.04 Å². The topological polar surface area (TPSA) is 64.6 Å². The van der Waals surface area contributed by atoms with E-state index in [0.29, 0.717) is 15.8 Å². The first-order valence-corrected chi connectivity index (χ1v) is 8.74. The number of esters is 1. The van der Waals surface area contributed by atoms with Gasteiger partial charge in [-0.2, -0.15) is 0 Å². The zero-order valence-electron chi connectivity index (χ0n) is 14.4. The highest BCUT2D eigenvalue weighted by Gasteiger charge is 2.18. The van der Waals surface area contributed by atoms with E-state index in [1.165, 1.54) is 0 Å². The molecular formula is C19H19Cl2NO4. The smallest absolute Gasteiger partial charge is 0.347 e. The zero-order valence-corrected chi connectivity index (χ0v) is 15.9. The number of carbonyl (C=O) groups excluding carboxylic acids is 2. The van der Waals surface area contributed by atoms with Gasteiger partial charge in [-0.15, -0.1) is 0 Å². The second-order valence-corrected chi connectivity index (χ2v) is 6.54. The Kier molecular flexibility index (Phi) is 7.30. The molecule has 5 nitrogen and oxygen atoms in total. The molecule has 1 amide bonds. The summed E-state index contributed by atoms with van der Waals surface area (Å²) in [4.78, 5) is 23.9. The maximum Gasteiger partial charge on any atom is 0.347 e. The molecule has 0 unspecified atom stereocenters. The summed E-state index contributed by atoms with van der Waals surface area (Å²) >= 11 is 11.7. The number of hydrogen-bond acceptors (Lipinski definition) is 4. The summed E-state index contributed by atoms with van der Waals surface area (Å²) < 4.78 is 10.4. The number of rotatable bonds is 7. The van der Waals surface area contributed by atoms with Crippen LogP contribution in [0.15, 0.2) is 48.5 Å². The van der Waals surface area contributed by atoms with Crippen LogP contribution in [0.25, 0.3) is 0 Å². The molecule has 0 saturated heterocycles. The van der Waals surface area contributed by atoms with E-state index in [4.69, 9.17) is 32.7 Å². The second-order valence-electron chi connectivity index (χ2n) is 5.67. The van der Waals surface area contributed by atoms with Gasteiger partial charge in [-0.3, -0.25) is 4.79 Å². The van der Waals surface area contributed by atoms with Crippen molar-refractivity contribution in [3.63, 3.8) is 0 Å². The molecule has 2 atom stereocenters. The highest BCUT2D eigenvalue weighted by Crippen LogP contribution is 2.18. The van der Waals surface area contributed by atoms with Gasteiger partial charge in [0, 0.05) is 10.0 Å². The van der Waals surface area contributed by atoms with Gasteiger partial charge in [-0.25, -0.2) is 4.79 Å². The van der Waals surface area contributed by atoms with Crippen molar-refractivity contribution in [2.45, 2.75) is 26.0 Å². The molecule has 7 heteroatoms. The van der Waals surface area contributed by atoms with Crippen molar-refractivity contribution in [2.24, 2.45) is 0 Å². The number of ether oxygens (including phenoxy) is 2. The molecule has 0 fully saturated rings. The van der Waals surface area contributed by atoms with Crippen LogP contribution in [0.2, 0.25) is 10.0 Å². The summed E-state index contributed by atoms with van der Waals surface area (Å²) in [6.45, 7) is 2.97. The first kappa shape index (κ1) is 20.1. The SMILES string of the molecule is C[C@H](Oc1ccc(Cl)cc1)C(=O)OCC(=O)N[C@H](C)c1cccc(Cl)c1. The average molecular weight is 396 g/mol. The van der Waals surface area contributed by atoms with E-state index in [1.807, 2.05) is 13.0 Å². The quantitative estimate of drug-likeness (QED) is 0.714. The number of halogens is 2. The van der Waals surface area contributed by atoms with Crippen LogP contribution in [0, 0.1) is 0 Å². The van der Waals surface area contributed by atoms with Crippen LogP contribution >= 0.6 is 23.2 Å². The van der Waals surface area contributed by atoms with Gasteiger partial charge in [-0.1, -0.05) is 35.3 Å². The number of nitrogens with one attached hydrogen (secondary N) is 1. The number of carbonyl (C=O) groups is 2. The minimum Gasteiger partial charge on any atom is -0.479 e. The van der Waals surface area contributed by atoms with Gasteiger partial charge in [0.15, 0.2) is 12.7 Å². The van der Waals surface area contributed by atoms with Gasteiger partial charge in [0.25, 0.3) is 5.91 Å². The normalized spacial score (nSPS) is 12.8. The lowest BCUT2D eigenvalue weighted by atomic mass is 10.1. The largest absolute Gasteiger partial charge is 0.479 e. The van der Waals surface area contributed by atoms with Gasteiger partial charge >= 0.3 is 5.97 Å². The van der Waals surface area contributed by atoms with Crippen LogP contribution in [0.3, 0.4) is 0 Å². The third-order valence-corrected chi connectivity index (χ3v) is 4.02. The van der Waals surface area contributed by atoms with Gasteiger partial charge < -0.3 is 14.8 Å². The van der Waals surface area contributed by atoms with Crippen molar-refractivity contribution >= 4 is 35.1 Å². The van der Waals surface area contributed by atoms with Crippen LogP contribution in [0.1, 0.15) is 25.5 Å². The highest BCUT2D eigenvalue weighted by molar-refractivity contribution is 6.30. The minimum absolute atomic E-state index is 0.261. The molecule has 0 aliphatic heterocycles. The predicted octanol–water partition coefficient (Wildman–Crippen LogP) is 4.18. The molecule has 0 aliphatic carbocycles. The van der Waals surface area contributed by atoms with Gasteiger partial charge in [0.05, 0.1) is 6.04 Å². The Morgan fingerprint density at radius 1 is 1.04 bits per heavy atom. The molecule has 0 aromatic heterocycles. The molecule has 1 N–H and O–H groups in total. The molecule has 2 aromatic rings. The fraction of sp³-hybridized carbons (Fsp3) is 0.263. The lowest BCUT2D eigenvalue weighted by Gasteiger charge is -2.16. The molecule has 2 aromatic carbocycles. The Bertz CT molecular complexity index is 764. The first-order valence-electron chi connectivity index (χ1n) is 7.99. The first-order chi connectivity index (χ1) is 12.3. The number of amides is 1. The van der Waals surface area contributed by atoms with Crippen molar-refractivity contribution in [2.75, 3.05) is 6.61 Å². The zero-order chi connectivity index (χ0) is 19.1. The summed E-state index contributed by atoms with van der Waals surface area (Å²) in [6.07, 6.45) is -0.852. The summed E-state index contributed by atoms with van der Waals surface area (Å²) in [6, 6.07) is 13.5. The van der Waals surface area contributed by atoms with Gasteiger partial charge in [0.2, 0.25) is 0 Å². The summed E-state index contributed by atoms with van der Waals surface area (Å²) in [7, 11) is 0. The summed E-state index contributed by atoms with van der Waals surface area (Å²) in [5, 5.41) is 3.90. The monoisotopic (exact) mass is 395 g/mol. The molecule has 0 heterocycles. The van der Waals surface area contributed by atoms with Crippen LogP contribution in [0.4, 0.5) is 0 Å². The third-order valence-electron chi connectivity index (χ3n) is 3.53. The fourth-order valence-electron chi connectivity index (χ4n) is 2.16. The molecule has 0 radical (unpaired) electrons. The number of hydrogen-bond donors (Lipinski definition) is 1. The van der Waals surface area contributed by atoms with Crippen LogP contribution in [-0.4, -0.2) is 24.6 Å². The highest BCUT2D eigenvalue weighted by atomic mass is 35.5. The van der Waals surface area contributed by atoms with Gasteiger partial charge in [-0.05, 0) is 55.8 Å². The maximum atomic E-state index is 12.0. The lowest BCUT2D eigenvalue weighted by Crippen LogP contribution is -2.34. The fourth-order valence-corrected chi connectivity index (χ4v) is 2.49. The molecule has 2 rings (SSSR count). The molecule has 0 spiro atoms. The van der Waals surface area contributed by atoms with Crippen LogP contribution < -0.4 is 10.1 Å². The van der Waals surface area contributed by atoms with Crippen molar-refractivity contribution in [3.8, 4) is 5.75 Å². The average Bonchev–Trinajstić information content (AvgIpc) is 2.61. The van der Waals surface area contributed by atoms with E-state index >= 15 is 0 Å². The Morgan fingerprint density at radius 2 is 1.73 bits per heavy atom. The minimum atomic E-state index is -0.852. The second kappa shape index (κ2) is 9.46. The Morgan fingerprint density at radius 3 is 2.38 bits per heavy atom. The molecule has 0 aliphatic rings.